The Morgan fingerprint density at radius 1 is 0.688 bits per heavy atom. The van der Waals surface area contributed by atoms with Crippen LogP contribution < -0.4 is 4.90 Å². The van der Waals surface area contributed by atoms with E-state index in [1.165, 1.54) is 58.5 Å². The SMILES string of the molecule is C(=C(c1ccccc1)c1ccccc1)c1ccc2c(c1)C1CCCC1N2c1ccccc1. The second-order valence-electron chi connectivity index (χ2n) is 8.92. The predicted octanol–water partition coefficient (Wildman–Crippen LogP) is 8.06. The van der Waals surface area contributed by atoms with Crippen molar-refractivity contribution in [3.05, 3.63) is 131 Å². The lowest BCUT2D eigenvalue weighted by molar-refractivity contribution is 0.642. The number of fused-ring (bicyclic) bond motifs is 3. The van der Waals surface area contributed by atoms with Crippen molar-refractivity contribution in [2.24, 2.45) is 0 Å². The van der Waals surface area contributed by atoms with Crippen LogP contribution in [0, 0.1) is 0 Å². The van der Waals surface area contributed by atoms with Crippen molar-refractivity contribution in [2.45, 2.75) is 31.2 Å². The van der Waals surface area contributed by atoms with Gasteiger partial charge in [-0.05, 0) is 71.0 Å². The molecule has 4 aromatic carbocycles. The number of hydrogen-bond acceptors (Lipinski definition) is 1. The molecule has 0 spiro atoms. The third-order valence-corrected chi connectivity index (χ3v) is 7.04. The van der Waals surface area contributed by atoms with Crippen LogP contribution in [-0.2, 0) is 0 Å². The van der Waals surface area contributed by atoms with E-state index in [1.54, 1.807) is 0 Å². The number of rotatable bonds is 4. The predicted molar refractivity (Wildman–Crippen MR) is 135 cm³/mol. The highest BCUT2D eigenvalue weighted by Gasteiger charge is 2.41. The molecule has 156 valence electrons. The largest absolute Gasteiger partial charge is 0.338 e. The average molecular weight is 414 g/mol. The van der Waals surface area contributed by atoms with E-state index in [2.05, 4.69) is 120 Å². The maximum Gasteiger partial charge on any atom is 0.0450 e. The molecule has 6 rings (SSSR count). The van der Waals surface area contributed by atoms with E-state index in [0.717, 1.165) is 0 Å². The van der Waals surface area contributed by atoms with Gasteiger partial charge in [-0.15, -0.1) is 0 Å². The summed E-state index contributed by atoms with van der Waals surface area (Å²) in [5.41, 5.74) is 9.29. The van der Waals surface area contributed by atoms with Gasteiger partial charge in [0, 0.05) is 23.3 Å². The smallest absolute Gasteiger partial charge is 0.0450 e. The van der Waals surface area contributed by atoms with Gasteiger partial charge >= 0.3 is 0 Å². The molecule has 2 aliphatic rings. The zero-order chi connectivity index (χ0) is 21.3. The van der Waals surface area contributed by atoms with E-state index in [1.807, 2.05) is 0 Å². The van der Waals surface area contributed by atoms with Gasteiger partial charge in [-0.1, -0.05) is 91.3 Å². The Morgan fingerprint density at radius 2 is 1.31 bits per heavy atom. The molecule has 1 heteroatoms. The summed E-state index contributed by atoms with van der Waals surface area (Å²) in [7, 11) is 0. The van der Waals surface area contributed by atoms with Gasteiger partial charge in [-0.3, -0.25) is 0 Å². The summed E-state index contributed by atoms with van der Waals surface area (Å²) < 4.78 is 0. The monoisotopic (exact) mass is 413 g/mol. The molecule has 1 aliphatic heterocycles. The highest BCUT2D eigenvalue weighted by atomic mass is 15.2. The molecule has 0 radical (unpaired) electrons. The summed E-state index contributed by atoms with van der Waals surface area (Å²) in [6, 6.07) is 40.1. The molecule has 2 atom stereocenters. The second kappa shape index (κ2) is 8.16. The molecule has 0 saturated heterocycles. The molecule has 0 amide bonds. The molecule has 1 aliphatic carbocycles. The number of benzene rings is 4. The van der Waals surface area contributed by atoms with Crippen molar-refractivity contribution in [2.75, 3.05) is 4.90 Å². The van der Waals surface area contributed by atoms with E-state index in [9.17, 15) is 0 Å². The molecule has 1 saturated carbocycles. The number of anilines is 2. The minimum Gasteiger partial charge on any atom is -0.338 e. The van der Waals surface area contributed by atoms with E-state index in [-0.39, 0.29) is 0 Å². The first-order chi connectivity index (χ1) is 15.9. The third kappa shape index (κ3) is 3.35. The number of hydrogen-bond donors (Lipinski definition) is 0. The Labute approximate surface area is 190 Å². The van der Waals surface area contributed by atoms with Crippen molar-refractivity contribution in [3.8, 4) is 0 Å². The topological polar surface area (TPSA) is 3.24 Å². The first-order valence-corrected chi connectivity index (χ1v) is 11.7. The van der Waals surface area contributed by atoms with E-state index in [0.29, 0.717) is 12.0 Å². The van der Waals surface area contributed by atoms with Crippen LogP contribution in [0.5, 0.6) is 0 Å². The van der Waals surface area contributed by atoms with Gasteiger partial charge in [0.25, 0.3) is 0 Å². The minimum absolute atomic E-state index is 0.592. The number of para-hydroxylation sites is 1. The van der Waals surface area contributed by atoms with E-state index < -0.39 is 0 Å². The van der Waals surface area contributed by atoms with Gasteiger partial charge in [-0.25, -0.2) is 0 Å². The molecular weight excluding hydrogens is 386 g/mol. The van der Waals surface area contributed by atoms with Crippen LogP contribution in [0.2, 0.25) is 0 Å². The molecule has 32 heavy (non-hydrogen) atoms. The fourth-order valence-corrected chi connectivity index (χ4v) is 5.62. The molecule has 2 unspecified atom stereocenters. The summed E-state index contributed by atoms with van der Waals surface area (Å²) in [6.07, 6.45) is 6.24. The van der Waals surface area contributed by atoms with Crippen LogP contribution in [-0.4, -0.2) is 6.04 Å². The Hall–Kier alpha value is -3.58. The lowest BCUT2D eigenvalue weighted by Crippen LogP contribution is -2.26. The van der Waals surface area contributed by atoms with Gasteiger partial charge in [0.15, 0.2) is 0 Å². The quantitative estimate of drug-likeness (QED) is 0.306. The van der Waals surface area contributed by atoms with Crippen molar-refractivity contribution in [3.63, 3.8) is 0 Å². The second-order valence-corrected chi connectivity index (χ2v) is 8.92. The first kappa shape index (κ1) is 19.1. The lowest BCUT2D eigenvalue weighted by atomic mass is 9.93. The van der Waals surface area contributed by atoms with Crippen LogP contribution in [0.3, 0.4) is 0 Å². The average Bonchev–Trinajstić information content (AvgIpc) is 3.45. The summed E-state index contributed by atoms with van der Waals surface area (Å²) in [5, 5.41) is 0. The van der Waals surface area contributed by atoms with Gasteiger partial charge in [-0.2, -0.15) is 0 Å². The van der Waals surface area contributed by atoms with Crippen molar-refractivity contribution in [1.29, 1.82) is 0 Å². The molecule has 1 heterocycles. The van der Waals surface area contributed by atoms with E-state index >= 15 is 0 Å². The zero-order valence-electron chi connectivity index (χ0n) is 18.2. The molecule has 0 aromatic heterocycles. The Balaban J connectivity index is 1.46. The van der Waals surface area contributed by atoms with Crippen molar-refractivity contribution in [1.82, 2.24) is 0 Å². The molecule has 0 bridgehead atoms. The minimum atomic E-state index is 0.592. The highest BCUT2D eigenvalue weighted by Crippen LogP contribution is 2.52. The fraction of sp³-hybridized carbons (Fsp3) is 0.161. The normalized spacial score (nSPS) is 18.8. The molecular formula is C31H27N. The van der Waals surface area contributed by atoms with Gasteiger partial charge in [0.05, 0.1) is 0 Å². The number of nitrogens with zero attached hydrogens (tertiary/aromatic N) is 1. The maximum absolute atomic E-state index is 2.59. The summed E-state index contributed by atoms with van der Waals surface area (Å²) >= 11 is 0. The van der Waals surface area contributed by atoms with Crippen LogP contribution in [0.1, 0.15) is 47.4 Å². The van der Waals surface area contributed by atoms with Gasteiger partial charge in [0.1, 0.15) is 0 Å². The standard InChI is InChI=1S/C31H27N/c1-4-11-24(12-5-1)28(25-13-6-2-7-14-25)21-23-19-20-31-29(22-23)27-17-10-18-30(27)32(31)26-15-8-3-9-16-26/h1-9,11-16,19-22,27,30H,10,17-18H2. The first-order valence-electron chi connectivity index (χ1n) is 11.7. The maximum atomic E-state index is 2.59. The Morgan fingerprint density at radius 3 is 1.97 bits per heavy atom. The molecule has 1 fully saturated rings. The van der Waals surface area contributed by atoms with Crippen LogP contribution in [0.25, 0.3) is 11.6 Å². The van der Waals surface area contributed by atoms with Gasteiger partial charge < -0.3 is 4.90 Å². The molecule has 0 N–H and O–H groups in total. The molecule has 1 nitrogen and oxygen atoms in total. The van der Waals surface area contributed by atoms with Crippen LogP contribution >= 0.6 is 0 Å². The highest BCUT2D eigenvalue weighted by molar-refractivity contribution is 5.92. The van der Waals surface area contributed by atoms with Crippen molar-refractivity contribution < 1.29 is 0 Å². The Kier molecular flexibility index (Phi) is 4.88. The zero-order valence-corrected chi connectivity index (χ0v) is 18.2. The summed E-state index contributed by atoms with van der Waals surface area (Å²) in [5.74, 6) is 0.635. The fourth-order valence-electron chi connectivity index (χ4n) is 5.62. The summed E-state index contributed by atoms with van der Waals surface area (Å²) in [4.78, 5) is 2.59. The lowest BCUT2D eigenvalue weighted by Gasteiger charge is -2.27. The van der Waals surface area contributed by atoms with E-state index in [4.69, 9.17) is 0 Å². The summed E-state index contributed by atoms with van der Waals surface area (Å²) in [6.45, 7) is 0. The van der Waals surface area contributed by atoms with Gasteiger partial charge in [0.2, 0.25) is 0 Å². The van der Waals surface area contributed by atoms with Crippen LogP contribution in [0.4, 0.5) is 11.4 Å². The Bertz CT molecular complexity index is 1200. The van der Waals surface area contributed by atoms with Crippen molar-refractivity contribution >= 4 is 23.0 Å². The van der Waals surface area contributed by atoms with Crippen LogP contribution in [0.15, 0.2) is 109 Å². The third-order valence-electron chi connectivity index (χ3n) is 7.04. The molecule has 4 aromatic rings.